The molecule has 41 heavy (non-hydrogen) atoms. The lowest BCUT2D eigenvalue weighted by Crippen LogP contribution is -2.39. The lowest BCUT2D eigenvalue weighted by atomic mass is 10.0. The van der Waals surface area contributed by atoms with Crippen molar-refractivity contribution in [3.05, 3.63) is 69.9 Å². The van der Waals surface area contributed by atoms with Gasteiger partial charge in [-0.15, -0.1) is 0 Å². The Balaban J connectivity index is 1.51. The number of amides is 1. The van der Waals surface area contributed by atoms with Crippen LogP contribution in [0.15, 0.2) is 42.5 Å². The molecule has 0 fully saturated rings. The molecule has 6 nitrogen and oxygen atoms in total. The predicted molar refractivity (Wildman–Crippen MR) is 173 cm³/mol. The molecule has 0 spiro atoms. The summed E-state index contributed by atoms with van der Waals surface area (Å²) in [6, 6.07) is 13.1. The number of thiol groups is 1. The number of fused-ring (bicyclic) bond motifs is 1. The van der Waals surface area contributed by atoms with E-state index in [1.165, 1.54) is 0 Å². The van der Waals surface area contributed by atoms with Gasteiger partial charge in [-0.3, -0.25) is 23.9 Å². The number of aromatic nitrogens is 1. The molecule has 0 unspecified atom stereocenters. The number of benzene rings is 2. The van der Waals surface area contributed by atoms with Crippen molar-refractivity contribution in [2.45, 2.75) is 72.1 Å². The van der Waals surface area contributed by atoms with Crippen LogP contribution >= 0.6 is 24.2 Å². The number of unbranched alkanes of at least 4 members (excludes halogenated alkanes) is 2. The van der Waals surface area contributed by atoms with Crippen molar-refractivity contribution >= 4 is 52.7 Å². The summed E-state index contributed by atoms with van der Waals surface area (Å²) in [5.41, 5.74) is 4.67. The maximum atomic E-state index is 13.5. The number of nitrogens with zero attached hydrogens (tertiary/aromatic N) is 2. The maximum absolute atomic E-state index is 13.5. The van der Waals surface area contributed by atoms with Crippen molar-refractivity contribution in [2.24, 2.45) is 0 Å². The number of hydrogen-bond donors (Lipinski definition) is 2. The van der Waals surface area contributed by atoms with E-state index >= 15 is 0 Å². The number of rotatable bonds is 17. The van der Waals surface area contributed by atoms with Gasteiger partial charge in [0.25, 0.3) is 5.91 Å². The Morgan fingerprint density at radius 2 is 1.68 bits per heavy atom. The van der Waals surface area contributed by atoms with E-state index in [0.717, 1.165) is 79.3 Å². The Kier molecular flexibility index (Phi) is 13.4. The number of Topliss-reactive ketones (excluding diaryl/α,β-unsaturated/α-hetero) is 1. The van der Waals surface area contributed by atoms with Crippen LogP contribution in [0.2, 0.25) is 5.02 Å². The van der Waals surface area contributed by atoms with Crippen LogP contribution in [-0.2, 0) is 16.0 Å². The van der Waals surface area contributed by atoms with Crippen molar-refractivity contribution in [1.29, 1.82) is 0 Å². The standard InChI is InChI=1S/C33H44ClN3O3S/c1-4-18-35-32(39)23-36(20-21-41)19-7-5-6-9-28(38)10-8-11-29-25(3)37(31-17-12-24(2)22-30(29)31)33(40)26-13-15-27(34)16-14-26/h12-17,22,41H,4-11,18-21,23H2,1-3H3,(H,35,39). The Hall–Kier alpha value is -2.61. The molecule has 1 N–H and O–H groups in total. The minimum atomic E-state index is -0.0788. The number of hydrogen-bond acceptors (Lipinski definition) is 5. The highest BCUT2D eigenvalue weighted by atomic mass is 35.5. The first-order valence-corrected chi connectivity index (χ1v) is 15.8. The highest BCUT2D eigenvalue weighted by Gasteiger charge is 2.20. The van der Waals surface area contributed by atoms with E-state index < -0.39 is 0 Å². The molecule has 1 aromatic heterocycles. The number of aryl methyl sites for hydroxylation is 2. The van der Waals surface area contributed by atoms with Gasteiger partial charge in [0.05, 0.1) is 12.1 Å². The molecule has 222 valence electrons. The Morgan fingerprint density at radius 3 is 2.39 bits per heavy atom. The fourth-order valence-electron chi connectivity index (χ4n) is 5.25. The van der Waals surface area contributed by atoms with Crippen LogP contribution in [0.4, 0.5) is 0 Å². The van der Waals surface area contributed by atoms with E-state index in [9.17, 15) is 14.4 Å². The quantitative estimate of drug-likeness (QED) is 0.132. The molecule has 3 rings (SSSR count). The van der Waals surface area contributed by atoms with Gasteiger partial charge in [0, 0.05) is 53.4 Å². The number of carbonyl (C=O) groups excluding carboxylic acids is 3. The number of nitrogens with one attached hydrogen (secondary N) is 1. The smallest absolute Gasteiger partial charge is 0.262 e. The molecule has 0 aliphatic carbocycles. The monoisotopic (exact) mass is 597 g/mol. The summed E-state index contributed by atoms with van der Waals surface area (Å²) in [6.45, 7) is 8.82. The highest BCUT2D eigenvalue weighted by molar-refractivity contribution is 7.80. The zero-order valence-corrected chi connectivity index (χ0v) is 26.3. The molecular weight excluding hydrogens is 554 g/mol. The van der Waals surface area contributed by atoms with E-state index in [1.807, 2.05) is 26.0 Å². The summed E-state index contributed by atoms with van der Waals surface area (Å²) in [4.78, 5) is 40.3. The molecule has 0 saturated heterocycles. The third-order valence-electron chi connectivity index (χ3n) is 7.45. The summed E-state index contributed by atoms with van der Waals surface area (Å²) in [5, 5.41) is 4.60. The summed E-state index contributed by atoms with van der Waals surface area (Å²) in [6.07, 6.45) is 6.33. The second-order valence-corrected chi connectivity index (χ2v) is 11.7. The van der Waals surface area contributed by atoms with Crippen LogP contribution in [0, 0.1) is 13.8 Å². The third kappa shape index (κ3) is 9.73. The number of carbonyl (C=O) groups is 3. The minimum absolute atomic E-state index is 0.0617. The van der Waals surface area contributed by atoms with Crippen LogP contribution in [0.3, 0.4) is 0 Å². The van der Waals surface area contributed by atoms with Crippen LogP contribution in [0.1, 0.15) is 79.0 Å². The Labute approximate surface area is 255 Å². The molecule has 3 aromatic rings. The fraction of sp³-hybridized carbons (Fsp3) is 0.485. The van der Waals surface area contributed by atoms with Crippen molar-refractivity contribution < 1.29 is 14.4 Å². The molecule has 0 radical (unpaired) electrons. The zero-order chi connectivity index (χ0) is 29.8. The van der Waals surface area contributed by atoms with Gasteiger partial charge < -0.3 is 5.32 Å². The molecule has 0 saturated carbocycles. The highest BCUT2D eigenvalue weighted by Crippen LogP contribution is 2.29. The van der Waals surface area contributed by atoms with Gasteiger partial charge in [-0.25, -0.2) is 0 Å². The predicted octanol–water partition coefficient (Wildman–Crippen LogP) is 6.81. The normalized spacial score (nSPS) is 11.4. The molecule has 0 atom stereocenters. The van der Waals surface area contributed by atoms with Crippen molar-refractivity contribution in [3.63, 3.8) is 0 Å². The molecule has 0 aliphatic heterocycles. The van der Waals surface area contributed by atoms with Gasteiger partial charge in [0.2, 0.25) is 5.91 Å². The van der Waals surface area contributed by atoms with E-state index in [0.29, 0.717) is 42.3 Å². The number of halogens is 1. The van der Waals surface area contributed by atoms with Crippen LogP contribution in [0.5, 0.6) is 0 Å². The fourth-order valence-corrected chi connectivity index (χ4v) is 5.66. The topological polar surface area (TPSA) is 71.4 Å². The summed E-state index contributed by atoms with van der Waals surface area (Å²) in [7, 11) is 0. The van der Waals surface area contributed by atoms with Gasteiger partial charge >= 0.3 is 0 Å². The number of ketones is 1. The van der Waals surface area contributed by atoms with Gasteiger partial charge in [-0.2, -0.15) is 12.6 Å². The van der Waals surface area contributed by atoms with Crippen LogP contribution in [0.25, 0.3) is 10.9 Å². The molecule has 0 aliphatic rings. The third-order valence-corrected chi connectivity index (χ3v) is 7.90. The SMILES string of the molecule is CCCNC(=O)CN(CCS)CCCCCC(=O)CCCc1c(C)n(C(=O)c2ccc(Cl)cc2)c2ccc(C)cc12. The van der Waals surface area contributed by atoms with Crippen molar-refractivity contribution in [2.75, 3.05) is 31.9 Å². The first-order chi connectivity index (χ1) is 19.7. The zero-order valence-electron chi connectivity index (χ0n) is 24.7. The molecular formula is C33H44ClN3O3S. The average Bonchev–Trinajstić information content (AvgIpc) is 3.21. The molecule has 1 heterocycles. The first kappa shape index (κ1) is 32.9. The maximum Gasteiger partial charge on any atom is 0.262 e. The lowest BCUT2D eigenvalue weighted by molar-refractivity contribution is -0.122. The summed E-state index contributed by atoms with van der Waals surface area (Å²) in [5.74, 6) is 0.981. The van der Waals surface area contributed by atoms with Crippen molar-refractivity contribution in [3.8, 4) is 0 Å². The van der Waals surface area contributed by atoms with Crippen molar-refractivity contribution in [1.82, 2.24) is 14.8 Å². The van der Waals surface area contributed by atoms with Gasteiger partial charge in [0.1, 0.15) is 5.78 Å². The largest absolute Gasteiger partial charge is 0.355 e. The lowest BCUT2D eigenvalue weighted by Gasteiger charge is -2.20. The van der Waals surface area contributed by atoms with Gasteiger partial charge in [-0.1, -0.05) is 36.6 Å². The minimum Gasteiger partial charge on any atom is -0.355 e. The Bertz CT molecular complexity index is 1320. The summed E-state index contributed by atoms with van der Waals surface area (Å²) < 4.78 is 1.79. The first-order valence-electron chi connectivity index (χ1n) is 14.8. The Morgan fingerprint density at radius 1 is 0.951 bits per heavy atom. The van der Waals surface area contributed by atoms with Gasteiger partial charge in [0.15, 0.2) is 0 Å². The van der Waals surface area contributed by atoms with E-state index in [-0.39, 0.29) is 17.6 Å². The van der Waals surface area contributed by atoms with E-state index in [4.69, 9.17) is 11.6 Å². The molecule has 2 aromatic carbocycles. The molecule has 1 amide bonds. The second kappa shape index (κ2) is 16.7. The van der Waals surface area contributed by atoms with Gasteiger partial charge in [-0.05, 0) is 94.5 Å². The second-order valence-electron chi connectivity index (χ2n) is 10.8. The average molecular weight is 598 g/mol. The van der Waals surface area contributed by atoms with E-state index in [1.54, 1.807) is 28.8 Å². The van der Waals surface area contributed by atoms with E-state index in [2.05, 4.69) is 35.8 Å². The van der Waals surface area contributed by atoms with Crippen LogP contribution in [-0.4, -0.2) is 59.0 Å². The van der Waals surface area contributed by atoms with Crippen LogP contribution < -0.4 is 5.32 Å². The molecule has 0 bridgehead atoms. The summed E-state index contributed by atoms with van der Waals surface area (Å²) >= 11 is 10.4. The molecule has 8 heteroatoms.